The summed E-state index contributed by atoms with van der Waals surface area (Å²) in [6, 6.07) is 2.97. The molecule has 0 spiro atoms. The van der Waals surface area contributed by atoms with Crippen LogP contribution in [0.4, 0.5) is 11.4 Å². The molecule has 1 N–H and O–H groups in total. The number of azo groups is 1. The molecule has 0 atom stereocenters. The van der Waals surface area contributed by atoms with E-state index in [0.29, 0.717) is 6.26 Å². The average molecular weight is 299 g/mol. The third-order valence-corrected chi connectivity index (χ3v) is 3.21. The number of carbonyl (C=O) groups is 1. The third kappa shape index (κ3) is 3.68. The number of non-ortho nitro benzene ring substituents is 1. The van der Waals surface area contributed by atoms with Crippen LogP contribution in [-0.2, 0) is 14.6 Å². The van der Waals surface area contributed by atoms with Gasteiger partial charge in [0.25, 0.3) is 5.69 Å². The number of nitro benzene ring substituents is 1. The summed E-state index contributed by atoms with van der Waals surface area (Å²) in [6.45, 7) is 0. The Morgan fingerprint density at radius 3 is 2.55 bits per heavy atom. The van der Waals surface area contributed by atoms with Crippen LogP contribution in [0.25, 0.3) is 0 Å². The fourth-order valence-electron chi connectivity index (χ4n) is 1.19. The van der Waals surface area contributed by atoms with E-state index in [-0.39, 0.29) is 12.0 Å². The normalized spacial score (nSPS) is 12.6. The van der Waals surface area contributed by atoms with Crippen LogP contribution >= 0.6 is 0 Å². The number of carbonyl (C=O) groups excluding carboxylic acids is 1. The number of aldehydes is 1. The van der Waals surface area contributed by atoms with Crippen LogP contribution < -0.4 is 0 Å². The Kier molecular flexibility index (Phi) is 4.64. The summed E-state index contributed by atoms with van der Waals surface area (Å²) in [5.41, 5.74) is -1.03. The molecule has 0 aromatic heterocycles. The van der Waals surface area contributed by atoms with Crippen LogP contribution in [0, 0.1) is 10.1 Å². The fourth-order valence-corrected chi connectivity index (χ4v) is 2.01. The number of hydrogen-bond donors (Lipinski definition) is 1. The number of hydrogen-bond acceptors (Lipinski definition) is 8. The van der Waals surface area contributed by atoms with E-state index in [0.717, 1.165) is 24.5 Å². The summed E-state index contributed by atoms with van der Waals surface area (Å²) < 4.78 is 23.1. The highest BCUT2D eigenvalue weighted by atomic mass is 32.2. The first kappa shape index (κ1) is 15.4. The van der Waals surface area contributed by atoms with E-state index >= 15 is 0 Å². The quantitative estimate of drug-likeness (QED) is 0.219. The molecule has 9 nitrogen and oxygen atoms in total. The Balaban J connectivity index is 3.41. The lowest BCUT2D eigenvalue weighted by molar-refractivity contribution is -0.385. The second kappa shape index (κ2) is 6.02. The van der Waals surface area contributed by atoms with Crippen LogP contribution in [0.2, 0.25) is 0 Å². The van der Waals surface area contributed by atoms with Crippen LogP contribution in [-0.4, -0.2) is 31.0 Å². The first-order valence-electron chi connectivity index (χ1n) is 4.99. The minimum Gasteiger partial charge on any atom is -0.513 e. The van der Waals surface area contributed by atoms with E-state index in [4.69, 9.17) is 5.11 Å². The van der Waals surface area contributed by atoms with Crippen molar-refractivity contribution in [2.75, 3.05) is 6.26 Å². The molecule has 0 aliphatic rings. The van der Waals surface area contributed by atoms with Crippen molar-refractivity contribution >= 4 is 27.5 Å². The molecule has 0 saturated heterocycles. The van der Waals surface area contributed by atoms with Crippen molar-refractivity contribution in [1.29, 1.82) is 0 Å². The Hall–Kier alpha value is -2.62. The van der Waals surface area contributed by atoms with Gasteiger partial charge in [-0.3, -0.25) is 14.9 Å². The van der Waals surface area contributed by atoms with Gasteiger partial charge in [-0.05, 0) is 6.07 Å². The van der Waals surface area contributed by atoms with Gasteiger partial charge in [-0.25, -0.2) is 8.42 Å². The molecule has 0 amide bonds. The summed E-state index contributed by atoms with van der Waals surface area (Å²) in [4.78, 5) is 19.9. The van der Waals surface area contributed by atoms with E-state index in [1.54, 1.807) is 0 Å². The van der Waals surface area contributed by atoms with Gasteiger partial charge in [0.05, 0.1) is 4.92 Å². The fraction of sp³-hybridized carbons (Fsp3) is 0.100. The van der Waals surface area contributed by atoms with Crippen molar-refractivity contribution in [2.45, 2.75) is 4.90 Å². The molecule has 106 valence electrons. The lowest BCUT2D eigenvalue weighted by atomic mass is 10.3. The molecule has 1 aromatic carbocycles. The van der Waals surface area contributed by atoms with Gasteiger partial charge in [-0.2, -0.15) is 0 Å². The van der Waals surface area contributed by atoms with Gasteiger partial charge >= 0.3 is 0 Å². The molecule has 0 aliphatic heterocycles. The zero-order chi connectivity index (χ0) is 15.3. The monoisotopic (exact) mass is 299 g/mol. The summed E-state index contributed by atoms with van der Waals surface area (Å²) in [7, 11) is -3.78. The molecule has 1 aromatic rings. The van der Waals surface area contributed by atoms with Crippen molar-refractivity contribution in [3.63, 3.8) is 0 Å². The van der Waals surface area contributed by atoms with Gasteiger partial charge < -0.3 is 5.11 Å². The minimum atomic E-state index is -3.78. The Morgan fingerprint density at radius 1 is 1.45 bits per heavy atom. The van der Waals surface area contributed by atoms with Gasteiger partial charge in [-0.1, -0.05) is 0 Å². The van der Waals surface area contributed by atoms with Gasteiger partial charge in [0.2, 0.25) is 0 Å². The number of nitrogens with zero attached hydrogens (tertiary/aromatic N) is 3. The molecule has 0 bridgehead atoms. The number of benzene rings is 1. The van der Waals surface area contributed by atoms with Gasteiger partial charge in [-0.15, -0.1) is 10.2 Å². The van der Waals surface area contributed by atoms with Crippen molar-refractivity contribution in [2.24, 2.45) is 10.2 Å². The number of aliphatic hydroxyl groups excluding tert-OH is 1. The van der Waals surface area contributed by atoms with Crippen LogP contribution in [0.3, 0.4) is 0 Å². The largest absolute Gasteiger partial charge is 0.513 e. The molecule has 10 heteroatoms. The minimum absolute atomic E-state index is 0.181. The highest BCUT2D eigenvalue weighted by Crippen LogP contribution is 2.29. The van der Waals surface area contributed by atoms with Crippen molar-refractivity contribution in [3.05, 3.63) is 40.3 Å². The second-order valence-electron chi connectivity index (χ2n) is 3.55. The maximum Gasteiger partial charge on any atom is 0.270 e. The maximum absolute atomic E-state index is 11.6. The average Bonchev–Trinajstić information content (AvgIpc) is 2.38. The zero-order valence-corrected chi connectivity index (χ0v) is 10.9. The summed E-state index contributed by atoms with van der Waals surface area (Å²) in [5, 5.41) is 26.0. The molecule has 0 aliphatic carbocycles. The first-order valence-corrected chi connectivity index (χ1v) is 6.88. The molecule has 0 radical (unpaired) electrons. The maximum atomic E-state index is 11.6. The van der Waals surface area contributed by atoms with Gasteiger partial charge in [0, 0.05) is 18.4 Å². The molecule has 0 heterocycles. The first-order chi connectivity index (χ1) is 9.29. The van der Waals surface area contributed by atoms with E-state index in [2.05, 4.69) is 10.2 Å². The number of aliphatic hydroxyl groups is 1. The SMILES string of the molecule is CS(=O)(=O)c1cc([N+](=O)[O-])ccc1N=N/C(C=O)=C/O. The molecular weight excluding hydrogens is 290 g/mol. The van der Waals surface area contributed by atoms with Crippen molar-refractivity contribution in [3.8, 4) is 0 Å². The van der Waals surface area contributed by atoms with Crippen molar-refractivity contribution in [1.82, 2.24) is 0 Å². The lowest BCUT2D eigenvalue weighted by Gasteiger charge is -2.02. The van der Waals surface area contributed by atoms with E-state index in [1.807, 2.05) is 0 Å². The molecule has 0 saturated carbocycles. The number of allylic oxidation sites excluding steroid dienone is 1. The number of nitro groups is 1. The van der Waals surface area contributed by atoms with Gasteiger partial charge in [0.15, 0.2) is 21.8 Å². The number of sulfone groups is 1. The summed E-state index contributed by atoms with van der Waals surface area (Å²) >= 11 is 0. The predicted molar refractivity (Wildman–Crippen MR) is 67.5 cm³/mol. The standard InChI is InChI=1S/C10H9N3O6S/c1-20(18,19)10-4-8(13(16)17)2-3-9(10)12-11-7(5-14)6-15/h2-6,14H,1H3/b7-5+,12-11?. The zero-order valence-electron chi connectivity index (χ0n) is 10.1. The highest BCUT2D eigenvalue weighted by molar-refractivity contribution is 7.90. The third-order valence-electron chi connectivity index (χ3n) is 2.08. The van der Waals surface area contributed by atoms with Crippen LogP contribution in [0.5, 0.6) is 0 Å². The lowest BCUT2D eigenvalue weighted by Crippen LogP contribution is -1.99. The van der Waals surface area contributed by atoms with Crippen LogP contribution in [0.1, 0.15) is 0 Å². The Morgan fingerprint density at radius 2 is 2.10 bits per heavy atom. The van der Waals surface area contributed by atoms with E-state index in [9.17, 15) is 23.3 Å². The predicted octanol–water partition coefficient (Wildman–Crippen LogP) is 1.68. The molecule has 0 fully saturated rings. The Bertz CT molecular complexity index is 708. The summed E-state index contributed by atoms with van der Waals surface area (Å²) in [6.07, 6.45) is 1.45. The Labute approximate surface area is 113 Å². The highest BCUT2D eigenvalue weighted by Gasteiger charge is 2.18. The second-order valence-corrected chi connectivity index (χ2v) is 5.54. The molecular formula is C10H9N3O6S. The van der Waals surface area contributed by atoms with E-state index in [1.165, 1.54) is 0 Å². The van der Waals surface area contributed by atoms with Crippen molar-refractivity contribution < 1.29 is 23.2 Å². The molecule has 1 rings (SSSR count). The topological polar surface area (TPSA) is 139 Å². The van der Waals surface area contributed by atoms with Gasteiger partial charge in [0.1, 0.15) is 16.8 Å². The smallest absolute Gasteiger partial charge is 0.270 e. The molecule has 0 unspecified atom stereocenters. The summed E-state index contributed by atoms with van der Waals surface area (Å²) in [5.74, 6) is 0. The van der Waals surface area contributed by atoms with Crippen LogP contribution in [0.15, 0.2) is 45.3 Å². The molecule has 20 heavy (non-hydrogen) atoms. The van der Waals surface area contributed by atoms with E-state index < -0.39 is 31.0 Å². The number of rotatable bonds is 5.